The zero-order chi connectivity index (χ0) is 25.5. The second-order valence-corrected chi connectivity index (χ2v) is 9.57. The molecule has 2 aromatic carbocycles. The Morgan fingerprint density at radius 3 is 2.47 bits per heavy atom. The van der Waals surface area contributed by atoms with Crippen LogP contribution in [0, 0.1) is 12.3 Å². The molecule has 0 atom stereocenters. The van der Waals surface area contributed by atoms with Crippen molar-refractivity contribution >= 4 is 28.5 Å². The molecule has 0 unspecified atom stereocenters. The average molecular weight is 483 g/mol. The summed E-state index contributed by atoms with van der Waals surface area (Å²) in [5, 5.41) is 16.2. The summed E-state index contributed by atoms with van der Waals surface area (Å²) in [6, 6.07) is 16.4. The predicted octanol–water partition coefficient (Wildman–Crippen LogP) is 6.74. The molecule has 1 saturated heterocycles. The number of anilines is 4. The van der Waals surface area contributed by atoms with Crippen LogP contribution in [-0.4, -0.2) is 23.8 Å². The van der Waals surface area contributed by atoms with Crippen molar-refractivity contribution in [3.8, 4) is 0 Å². The van der Waals surface area contributed by atoms with E-state index < -0.39 is 0 Å². The number of nitrogens with two attached hydrogens (primary N) is 1. The molecule has 1 aliphatic rings. The fraction of sp³-hybridized carbons (Fsp3) is 0.333. The van der Waals surface area contributed by atoms with Crippen LogP contribution in [0.5, 0.6) is 0 Å². The van der Waals surface area contributed by atoms with Gasteiger partial charge in [0.05, 0.1) is 11.4 Å². The van der Waals surface area contributed by atoms with E-state index in [0.717, 1.165) is 47.7 Å². The van der Waals surface area contributed by atoms with E-state index in [0.29, 0.717) is 23.5 Å². The number of pyridine rings is 1. The van der Waals surface area contributed by atoms with Crippen molar-refractivity contribution in [2.75, 3.05) is 34.4 Å². The molecule has 6 nitrogen and oxygen atoms in total. The summed E-state index contributed by atoms with van der Waals surface area (Å²) in [5.41, 5.74) is 15.6. The van der Waals surface area contributed by atoms with Gasteiger partial charge in [0.1, 0.15) is 0 Å². The molecule has 1 aromatic heterocycles. The number of aryl methyl sites for hydroxylation is 1. The Hall–Kier alpha value is -3.80. The van der Waals surface area contributed by atoms with Crippen molar-refractivity contribution in [1.82, 2.24) is 4.98 Å². The summed E-state index contributed by atoms with van der Waals surface area (Å²) in [6.07, 6.45) is 8.27. The fourth-order valence-electron chi connectivity index (χ4n) is 4.55. The van der Waals surface area contributed by atoms with Gasteiger partial charge in [0.2, 0.25) is 0 Å². The minimum atomic E-state index is 0.402. The smallest absolute Gasteiger partial charge is 0.0867 e. The van der Waals surface area contributed by atoms with Crippen molar-refractivity contribution in [2.45, 2.75) is 53.0 Å². The molecule has 4 rings (SSSR count). The van der Waals surface area contributed by atoms with Gasteiger partial charge < -0.3 is 21.3 Å². The van der Waals surface area contributed by atoms with Crippen LogP contribution in [0.15, 0.2) is 72.2 Å². The first kappa shape index (κ1) is 25.3. The molecule has 0 amide bonds. The van der Waals surface area contributed by atoms with E-state index >= 15 is 0 Å². The number of nitrogen functional groups attached to an aromatic ring is 1. The van der Waals surface area contributed by atoms with Crippen LogP contribution in [0.3, 0.4) is 0 Å². The lowest BCUT2D eigenvalue weighted by atomic mass is 9.99. The van der Waals surface area contributed by atoms with E-state index in [4.69, 9.17) is 11.1 Å². The molecule has 6 heteroatoms. The first-order chi connectivity index (χ1) is 17.5. The van der Waals surface area contributed by atoms with Gasteiger partial charge >= 0.3 is 0 Å². The Kier molecular flexibility index (Phi) is 8.26. The Labute approximate surface area is 215 Å². The quantitative estimate of drug-likeness (QED) is 0.200. The molecular formula is C30H38N6. The first-order valence-electron chi connectivity index (χ1n) is 12.9. The average Bonchev–Trinajstić information content (AvgIpc) is 2.92. The number of hydrogen-bond donors (Lipinski definition) is 4. The van der Waals surface area contributed by atoms with Gasteiger partial charge in [-0.15, -0.1) is 0 Å². The van der Waals surface area contributed by atoms with Crippen LogP contribution in [0.2, 0.25) is 0 Å². The molecule has 5 N–H and O–H groups in total. The van der Waals surface area contributed by atoms with Gasteiger partial charge in [-0.25, -0.2) is 0 Å². The Morgan fingerprint density at radius 2 is 1.78 bits per heavy atom. The van der Waals surface area contributed by atoms with Crippen LogP contribution in [0.25, 0.3) is 0 Å². The van der Waals surface area contributed by atoms with Crippen LogP contribution >= 0.6 is 0 Å². The molecule has 1 aliphatic heterocycles. The number of nitrogens with one attached hydrogen (secondary N) is 3. The molecule has 0 spiro atoms. The van der Waals surface area contributed by atoms with E-state index in [1.807, 2.05) is 30.3 Å². The first-order valence-corrected chi connectivity index (χ1v) is 12.9. The summed E-state index contributed by atoms with van der Waals surface area (Å²) in [7, 11) is 0. The molecule has 0 radical (unpaired) electrons. The van der Waals surface area contributed by atoms with Gasteiger partial charge in [-0.1, -0.05) is 6.92 Å². The SMILES string of the molecule is CC/C(C)=C(/Nc1ccc(N2CCCCC2)cc1C)C(=N)c1cc(NCc2ccncc2)ccc1N. The largest absolute Gasteiger partial charge is 0.398 e. The summed E-state index contributed by atoms with van der Waals surface area (Å²) >= 11 is 0. The van der Waals surface area contributed by atoms with Crippen molar-refractivity contribution < 1.29 is 0 Å². The van der Waals surface area contributed by atoms with E-state index in [9.17, 15) is 0 Å². The lowest BCUT2D eigenvalue weighted by molar-refractivity contribution is 0.578. The minimum absolute atomic E-state index is 0.402. The van der Waals surface area contributed by atoms with Crippen molar-refractivity contribution in [1.29, 1.82) is 5.41 Å². The number of hydrogen-bond acceptors (Lipinski definition) is 6. The molecule has 0 aliphatic carbocycles. The van der Waals surface area contributed by atoms with Gasteiger partial charge in [0.15, 0.2) is 0 Å². The van der Waals surface area contributed by atoms with Gasteiger partial charge in [-0.3, -0.25) is 10.4 Å². The van der Waals surface area contributed by atoms with Gasteiger partial charge in [-0.05, 0) is 105 Å². The standard InChI is InChI=1S/C30H38N6/c1-4-21(2)30(35-28-11-9-25(18-22(28)3)36-16-6-5-7-17-36)29(32)26-19-24(8-10-27(26)31)34-20-23-12-14-33-15-13-23/h8-15,18-19,32,34-35H,4-7,16-17,20,31H2,1-3H3/b30-21+,32-29?. The maximum Gasteiger partial charge on any atom is 0.0867 e. The lowest BCUT2D eigenvalue weighted by Crippen LogP contribution is -2.29. The van der Waals surface area contributed by atoms with Crippen LogP contribution in [-0.2, 0) is 6.54 Å². The second-order valence-electron chi connectivity index (χ2n) is 9.57. The highest BCUT2D eigenvalue weighted by Crippen LogP contribution is 2.29. The molecule has 0 bridgehead atoms. The van der Waals surface area contributed by atoms with E-state index in [1.54, 1.807) is 12.4 Å². The third-order valence-electron chi connectivity index (χ3n) is 6.97. The van der Waals surface area contributed by atoms with Crippen molar-refractivity contribution in [3.05, 3.63) is 88.9 Å². The van der Waals surface area contributed by atoms with Gasteiger partial charge in [0.25, 0.3) is 0 Å². The molecule has 3 aromatic rings. The number of benzene rings is 2. The predicted molar refractivity (Wildman–Crippen MR) is 153 cm³/mol. The van der Waals surface area contributed by atoms with Crippen molar-refractivity contribution in [2.24, 2.45) is 0 Å². The number of nitrogens with zero attached hydrogens (tertiary/aromatic N) is 2. The minimum Gasteiger partial charge on any atom is -0.398 e. The number of aromatic nitrogens is 1. The van der Waals surface area contributed by atoms with Crippen LogP contribution in [0.4, 0.5) is 22.7 Å². The molecule has 188 valence electrons. The van der Waals surface area contributed by atoms with E-state index in [-0.39, 0.29) is 0 Å². The van der Waals surface area contributed by atoms with Gasteiger partial charge in [0, 0.05) is 60.3 Å². The highest BCUT2D eigenvalue weighted by molar-refractivity contribution is 6.16. The highest BCUT2D eigenvalue weighted by Gasteiger charge is 2.17. The van der Waals surface area contributed by atoms with E-state index in [2.05, 4.69) is 59.5 Å². The third-order valence-corrected chi connectivity index (χ3v) is 6.97. The summed E-state index contributed by atoms with van der Waals surface area (Å²) in [5.74, 6) is 0. The van der Waals surface area contributed by atoms with Crippen LogP contribution < -0.4 is 21.3 Å². The summed E-state index contributed by atoms with van der Waals surface area (Å²) in [6.45, 7) is 9.26. The zero-order valence-electron chi connectivity index (χ0n) is 21.7. The molecule has 2 heterocycles. The normalized spacial score (nSPS) is 14.2. The number of rotatable bonds is 9. The second kappa shape index (κ2) is 11.8. The summed E-state index contributed by atoms with van der Waals surface area (Å²) in [4.78, 5) is 6.55. The van der Waals surface area contributed by atoms with Gasteiger partial charge in [-0.2, -0.15) is 0 Å². The van der Waals surface area contributed by atoms with Crippen LogP contribution in [0.1, 0.15) is 56.2 Å². The molecule has 36 heavy (non-hydrogen) atoms. The topological polar surface area (TPSA) is 90.1 Å². The fourth-order valence-corrected chi connectivity index (χ4v) is 4.55. The summed E-state index contributed by atoms with van der Waals surface area (Å²) < 4.78 is 0. The Balaban J connectivity index is 1.55. The lowest BCUT2D eigenvalue weighted by Gasteiger charge is -2.29. The number of allylic oxidation sites excluding steroid dienone is 2. The maximum absolute atomic E-state index is 9.13. The maximum atomic E-state index is 9.13. The third kappa shape index (κ3) is 6.06. The Morgan fingerprint density at radius 1 is 1.03 bits per heavy atom. The van der Waals surface area contributed by atoms with E-state index in [1.165, 1.54) is 30.5 Å². The molecular weight excluding hydrogens is 444 g/mol. The van der Waals surface area contributed by atoms with Crippen molar-refractivity contribution in [3.63, 3.8) is 0 Å². The highest BCUT2D eigenvalue weighted by atomic mass is 15.1. The number of piperidine rings is 1. The molecule has 1 fully saturated rings. The molecule has 0 saturated carbocycles. The Bertz CT molecular complexity index is 1230. The monoisotopic (exact) mass is 482 g/mol. The zero-order valence-corrected chi connectivity index (χ0v) is 21.7.